The lowest BCUT2D eigenvalue weighted by Crippen LogP contribution is -2.00. The van der Waals surface area contributed by atoms with Crippen LogP contribution >= 0.6 is 0 Å². The van der Waals surface area contributed by atoms with Crippen molar-refractivity contribution in [3.8, 4) is 28.7 Å². The maximum Gasteiger partial charge on any atom is 0.193 e. The molecule has 2 aromatic carbocycles. The van der Waals surface area contributed by atoms with Gasteiger partial charge >= 0.3 is 0 Å². The molecule has 0 saturated carbocycles. The van der Waals surface area contributed by atoms with Crippen molar-refractivity contribution in [1.82, 2.24) is 0 Å². The van der Waals surface area contributed by atoms with Crippen molar-refractivity contribution in [2.45, 2.75) is 0 Å². The van der Waals surface area contributed by atoms with Gasteiger partial charge < -0.3 is 24.1 Å². The van der Waals surface area contributed by atoms with E-state index >= 15 is 0 Å². The molecule has 0 aliphatic carbocycles. The highest BCUT2D eigenvalue weighted by atomic mass is 16.5. The number of carbonyl (C=O) groups excluding carboxylic acids is 1. The maximum atomic E-state index is 12.5. The number of methoxy groups -OCH3 is 4. The van der Waals surface area contributed by atoms with Crippen molar-refractivity contribution in [3.63, 3.8) is 0 Å². The van der Waals surface area contributed by atoms with Gasteiger partial charge in [0, 0.05) is 23.8 Å². The first-order valence-corrected chi connectivity index (χ1v) is 7.43. The second-order valence-corrected chi connectivity index (χ2v) is 5.03. The van der Waals surface area contributed by atoms with E-state index in [2.05, 4.69) is 0 Å². The Morgan fingerprint density at radius 1 is 0.880 bits per heavy atom. The van der Waals surface area contributed by atoms with Gasteiger partial charge in [0.15, 0.2) is 5.78 Å². The minimum Gasteiger partial charge on any atom is -0.507 e. The lowest BCUT2D eigenvalue weighted by Gasteiger charge is -2.10. The minimum absolute atomic E-state index is 0.0621. The number of phenols is 1. The molecule has 0 fully saturated rings. The molecule has 0 bridgehead atoms. The number of hydrogen-bond acceptors (Lipinski definition) is 6. The molecule has 0 aliphatic rings. The number of rotatable bonds is 7. The predicted molar refractivity (Wildman–Crippen MR) is 94.1 cm³/mol. The summed E-state index contributed by atoms with van der Waals surface area (Å²) < 4.78 is 20.7. The van der Waals surface area contributed by atoms with Crippen LogP contribution in [-0.2, 0) is 0 Å². The first kappa shape index (κ1) is 18.2. The number of ketones is 1. The van der Waals surface area contributed by atoms with E-state index in [-0.39, 0.29) is 17.1 Å². The third kappa shape index (κ3) is 4.03. The number of hydrogen-bond donors (Lipinski definition) is 1. The number of ether oxygens (including phenoxy) is 4. The highest BCUT2D eigenvalue weighted by Crippen LogP contribution is 2.34. The smallest absolute Gasteiger partial charge is 0.193 e. The number of carbonyl (C=O) groups is 1. The summed E-state index contributed by atoms with van der Waals surface area (Å²) in [4.78, 5) is 12.5. The normalized spacial score (nSPS) is 10.6. The van der Waals surface area contributed by atoms with Gasteiger partial charge in [0.1, 0.15) is 34.3 Å². The molecule has 0 radical (unpaired) electrons. The largest absolute Gasteiger partial charge is 0.507 e. The zero-order valence-electron chi connectivity index (χ0n) is 14.5. The topological polar surface area (TPSA) is 74.2 Å². The molecule has 2 rings (SSSR count). The standard InChI is InChI=1S/C19H20O6/c1-22-13-7-5-12(17(10-13)24-3)6-8-15(20)19-16(21)9-14(23-2)11-18(19)25-4/h5-11,21H,1-4H3. The molecular weight excluding hydrogens is 324 g/mol. The van der Waals surface area contributed by atoms with Crippen LogP contribution in [0.5, 0.6) is 28.7 Å². The molecule has 0 saturated heterocycles. The van der Waals surface area contributed by atoms with Gasteiger partial charge in [-0.25, -0.2) is 0 Å². The molecule has 0 aliphatic heterocycles. The molecule has 132 valence electrons. The van der Waals surface area contributed by atoms with Crippen LogP contribution in [0.1, 0.15) is 15.9 Å². The minimum atomic E-state index is -0.408. The predicted octanol–water partition coefficient (Wildman–Crippen LogP) is 3.32. The zero-order chi connectivity index (χ0) is 18.4. The average molecular weight is 344 g/mol. The van der Waals surface area contributed by atoms with E-state index in [9.17, 15) is 9.90 Å². The summed E-state index contributed by atoms with van der Waals surface area (Å²) in [5.74, 6) is 1.21. The van der Waals surface area contributed by atoms with Gasteiger partial charge in [0.25, 0.3) is 0 Å². The molecule has 0 atom stereocenters. The van der Waals surface area contributed by atoms with Crippen LogP contribution in [0.4, 0.5) is 0 Å². The van der Waals surface area contributed by atoms with Crippen LogP contribution in [-0.4, -0.2) is 39.3 Å². The van der Waals surface area contributed by atoms with Crippen LogP contribution < -0.4 is 18.9 Å². The van der Waals surface area contributed by atoms with Crippen molar-refractivity contribution in [3.05, 3.63) is 47.5 Å². The average Bonchev–Trinajstić information content (AvgIpc) is 2.64. The van der Waals surface area contributed by atoms with Gasteiger partial charge in [-0.1, -0.05) is 0 Å². The quantitative estimate of drug-likeness (QED) is 0.613. The second-order valence-electron chi connectivity index (χ2n) is 5.03. The number of phenolic OH excluding ortho intramolecular Hbond substituents is 1. The van der Waals surface area contributed by atoms with Crippen molar-refractivity contribution >= 4 is 11.9 Å². The molecule has 0 unspecified atom stereocenters. The fraction of sp³-hybridized carbons (Fsp3) is 0.211. The molecule has 6 heteroatoms. The van der Waals surface area contributed by atoms with Crippen LogP contribution in [0.3, 0.4) is 0 Å². The summed E-state index contributed by atoms with van der Waals surface area (Å²) in [7, 11) is 5.98. The van der Waals surface area contributed by atoms with E-state index in [4.69, 9.17) is 18.9 Å². The van der Waals surface area contributed by atoms with Gasteiger partial charge in [-0.3, -0.25) is 4.79 Å². The van der Waals surface area contributed by atoms with E-state index in [0.717, 1.165) is 0 Å². The Kier molecular flexibility index (Phi) is 5.89. The van der Waals surface area contributed by atoms with Crippen LogP contribution in [0.25, 0.3) is 6.08 Å². The Morgan fingerprint density at radius 2 is 1.52 bits per heavy atom. The van der Waals surface area contributed by atoms with Crippen molar-refractivity contribution < 1.29 is 28.8 Å². The SMILES string of the molecule is COc1ccc(C=CC(=O)c2c(O)cc(OC)cc2OC)c(OC)c1. The molecular formula is C19H20O6. The maximum absolute atomic E-state index is 12.5. The Bertz CT molecular complexity index is 795. The molecule has 2 aromatic rings. The van der Waals surface area contributed by atoms with Crippen LogP contribution in [0.15, 0.2) is 36.4 Å². The second kappa shape index (κ2) is 8.10. The molecule has 0 amide bonds. The molecule has 0 heterocycles. The Balaban J connectivity index is 2.35. The fourth-order valence-corrected chi connectivity index (χ4v) is 2.31. The van der Waals surface area contributed by atoms with Crippen LogP contribution in [0, 0.1) is 0 Å². The molecule has 6 nitrogen and oxygen atoms in total. The summed E-state index contributed by atoms with van der Waals surface area (Å²) in [6.07, 6.45) is 2.94. The zero-order valence-corrected chi connectivity index (χ0v) is 14.5. The monoisotopic (exact) mass is 344 g/mol. The molecule has 1 N–H and O–H groups in total. The van der Waals surface area contributed by atoms with E-state index in [1.54, 1.807) is 31.4 Å². The summed E-state index contributed by atoms with van der Waals surface area (Å²) in [5.41, 5.74) is 0.760. The van der Waals surface area contributed by atoms with Gasteiger partial charge in [0.2, 0.25) is 0 Å². The first-order chi connectivity index (χ1) is 12.0. The Morgan fingerprint density at radius 3 is 2.12 bits per heavy atom. The van der Waals surface area contributed by atoms with E-state index < -0.39 is 5.78 Å². The molecule has 25 heavy (non-hydrogen) atoms. The van der Waals surface area contributed by atoms with Crippen molar-refractivity contribution in [2.24, 2.45) is 0 Å². The Labute approximate surface area is 146 Å². The van der Waals surface area contributed by atoms with Crippen molar-refractivity contribution in [1.29, 1.82) is 0 Å². The number of allylic oxidation sites excluding steroid dienone is 1. The van der Waals surface area contributed by atoms with E-state index in [1.807, 2.05) is 0 Å². The molecule has 0 spiro atoms. The van der Waals surface area contributed by atoms with E-state index in [0.29, 0.717) is 22.8 Å². The molecule has 0 aromatic heterocycles. The lowest BCUT2D eigenvalue weighted by molar-refractivity contribution is 0.104. The lowest BCUT2D eigenvalue weighted by atomic mass is 10.1. The first-order valence-electron chi connectivity index (χ1n) is 7.43. The van der Waals surface area contributed by atoms with Gasteiger partial charge in [0.05, 0.1) is 28.4 Å². The highest BCUT2D eigenvalue weighted by molar-refractivity contribution is 6.10. The Hall–Kier alpha value is -3.15. The summed E-state index contributed by atoms with van der Waals surface area (Å²) in [5, 5.41) is 10.1. The summed E-state index contributed by atoms with van der Waals surface area (Å²) in [6, 6.07) is 8.15. The van der Waals surface area contributed by atoms with Gasteiger partial charge in [-0.05, 0) is 24.3 Å². The summed E-state index contributed by atoms with van der Waals surface area (Å²) in [6.45, 7) is 0. The van der Waals surface area contributed by atoms with Crippen molar-refractivity contribution in [2.75, 3.05) is 28.4 Å². The third-order valence-corrected chi connectivity index (χ3v) is 3.61. The number of aromatic hydroxyl groups is 1. The number of benzene rings is 2. The van der Waals surface area contributed by atoms with E-state index in [1.165, 1.54) is 39.5 Å². The van der Waals surface area contributed by atoms with Crippen LogP contribution in [0.2, 0.25) is 0 Å². The van der Waals surface area contributed by atoms with Gasteiger partial charge in [-0.2, -0.15) is 0 Å². The van der Waals surface area contributed by atoms with Gasteiger partial charge in [-0.15, -0.1) is 0 Å². The highest BCUT2D eigenvalue weighted by Gasteiger charge is 2.17. The fourth-order valence-electron chi connectivity index (χ4n) is 2.31. The third-order valence-electron chi connectivity index (χ3n) is 3.61. The summed E-state index contributed by atoms with van der Waals surface area (Å²) >= 11 is 0.